The van der Waals surface area contributed by atoms with E-state index in [1.807, 2.05) is 50.3 Å². The molecule has 5 rings (SSSR count). The number of hydrogen-bond donors (Lipinski definition) is 1. The number of para-hydroxylation sites is 1. The highest BCUT2D eigenvalue weighted by atomic mass is 35.5. The Kier molecular flexibility index (Phi) is 5.60. The average molecular weight is 392 g/mol. The Balaban J connectivity index is 0.00000210. The average Bonchev–Trinajstić information content (AvgIpc) is 3.12. The van der Waals surface area contributed by atoms with Crippen LogP contribution in [0.3, 0.4) is 0 Å². The molecule has 0 aliphatic carbocycles. The molecule has 3 saturated heterocycles. The summed E-state index contributed by atoms with van der Waals surface area (Å²) in [5.41, 5.74) is -1.13. The maximum Gasteiger partial charge on any atom is 0.235 e. The summed E-state index contributed by atoms with van der Waals surface area (Å²) in [5, 5.41) is 15.5. The summed E-state index contributed by atoms with van der Waals surface area (Å²) < 4.78 is 11.6. The van der Waals surface area contributed by atoms with Gasteiger partial charge in [-0.15, -0.1) is 12.4 Å². The molecule has 2 aromatic rings. The predicted molar refractivity (Wildman–Crippen MR) is 104 cm³/mol. The lowest BCUT2D eigenvalue weighted by atomic mass is 9.61. The van der Waals surface area contributed by atoms with Crippen molar-refractivity contribution in [3.8, 4) is 5.75 Å². The summed E-state index contributed by atoms with van der Waals surface area (Å²) >= 11 is 0. The van der Waals surface area contributed by atoms with E-state index in [1.54, 1.807) is 0 Å². The van der Waals surface area contributed by atoms with Crippen LogP contribution in [0.2, 0.25) is 0 Å². The molecule has 3 aliphatic heterocycles. The van der Waals surface area contributed by atoms with E-state index in [4.69, 9.17) is 9.26 Å². The van der Waals surface area contributed by atoms with Crippen molar-refractivity contribution >= 4 is 12.4 Å². The second kappa shape index (κ2) is 7.62. The molecule has 2 bridgehead atoms. The summed E-state index contributed by atoms with van der Waals surface area (Å²) in [6.45, 7) is 5.88. The fourth-order valence-electron chi connectivity index (χ4n) is 4.50. The molecule has 3 aliphatic rings. The first kappa shape index (κ1) is 19.9. The maximum absolute atomic E-state index is 11.5. The van der Waals surface area contributed by atoms with Gasteiger partial charge in [0.25, 0.3) is 0 Å². The largest absolute Gasteiger partial charge is 0.491 e. The monoisotopic (exact) mass is 391 g/mol. The third-order valence-electron chi connectivity index (χ3n) is 5.86. The number of nitrogens with zero attached hydrogens (tertiary/aromatic N) is 3. The van der Waals surface area contributed by atoms with Crippen molar-refractivity contribution in [3.05, 3.63) is 54.2 Å². The Morgan fingerprint density at radius 3 is 2.59 bits per heavy atom. The highest BCUT2D eigenvalue weighted by molar-refractivity contribution is 5.85. The molecule has 0 radical (unpaired) electrons. The van der Waals surface area contributed by atoms with E-state index in [0.29, 0.717) is 18.3 Å². The number of rotatable bonds is 5. The number of ether oxygens (including phenoxy) is 1. The number of fused-ring (bicyclic) bond motifs is 3. The second-order valence-corrected chi connectivity index (χ2v) is 7.29. The highest BCUT2D eigenvalue weighted by Gasteiger charge is 2.62. The highest BCUT2D eigenvalue weighted by Crippen LogP contribution is 2.50. The summed E-state index contributed by atoms with van der Waals surface area (Å²) in [5.74, 6) is 1.95. The topological polar surface area (TPSA) is 71.6 Å². The van der Waals surface area contributed by atoms with Gasteiger partial charge in [-0.3, -0.25) is 4.90 Å². The lowest BCUT2D eigenvalue weighted by molar-refractivity contribution is -0.149. The molecule has 1 aromatic carbocycles. The van der Waals surface area contributed by atoms with E-state index in [0.717, 1.165) is 31.7 Å². The van der Waals surface area contributed by atoms with Crippen molar-refractivity contribution in [3.63, 3.8) is 0 Å². The van der Waals surface area contributed by atoms with Crippen LogP contribution >= 0.6 is 12.4 Å². The summed E-state index contributed by atoms with van der Waals surface area (Å²) in [4.78, 5) is 6.80. The van der Waals surface area contributed by atoms with E-state index in [2.05, 4.69) is 21.1 Å². The first-order valence-electron chi connectivity index (χ1n) is 9.16. The molecule has 0 saturated carbocycles. The van der Waals surface area contributed by atoms with Crippen LogP contribution in [0.25, 0.3) is 0 Å². The van der Waals surface area contributed by atoms with Gasteiger partial charge in [-0.05, 0) is 38.8 Å². The van der Waals surface area contributed by atoms with Crippen LogP contribution in [0.1, 0.15) is 31.5 Å². The van der Waals surface area contributed by atoms with E-state index < -0.39 is 17.1 Å². The van der Waals surface area contributed by atoms with Crippen LogP contribution in [-0.4, -0.2) is 51.5 Å². The van der Waals surface area contributed by atoms with E-state index >= 15 is 0 Å². The number of aryl methyl sites for hydroxylation is 1. The van der Waals surface area contributed by atoms with Gasteiger partial charge in [0, 0.05) is 13.1 Å². The molecular formula is C20H26ClN3O3. The minimum atomic E-state index is -0.683. The van der Waals surface area contributed by atoms with Crippen LogP contribution < -0.4 is 4.74 Å². The Bertz CT molecular complexity index is 787. The van der Waals surface area contributed by atoms with Gasteiger partial charge in [0.1, 0.15) is 17.9 Å². The number of benzene rings is 1. The summed E-state index contributed by atoms with van der Waals surface area (Å²) in [6.07, 6.45) is 4.99. The van der Waals surface area contributed by atoms with Gasteiger partial charge < -0.3 is 14.4 Å². The number of piperidine rings is 3. The third kappa shape index (κ3) is 3.16. The van der Waals surface area contributed by atoms with Gasteiger partial charge >= 0.3 is 0 Å². The maximum atomic E-state index is 11.5. The van der Waals surface area contributed by atoms with Gasteiger partial charge in [-0.2, -0.15) is 4.98 Å². The van der Waals surface area contributed by atoms with Crippen LogP contribution in [0.4, 0.5) is 0 Å². The zero-order valence-electron chi connectivity index (χ0n) is 15.7. The van der Waals surface area contributed by atoms with E-state index in [-0.39, 0.29) is 12.4 Å². The molecular weight excluding hydrogens is 366 g/mol. The predicted octanol–water partition coefficient (Wildman–Crippen LogP) is 2.90. The summed E-state index contributed by atoms with van der Waals surface area (Å²) in [6, 6.07) is 9.73. The van der Waals surface area contributed by atoms with Crippen molar-refractivity contribution in [1.82, 2.24) is 15.0 Å². The molecule has 1 aromatic heterocycles. The number of aromatic nitrogens is 2. The van der Waals surface area contributed by atoms with Gasteiger partial charge in [-0.25, -0.2) is 0 Å². The smallest absolute Gasteiger partial charge is 0.235 e. The Morgan fingerprint density at radius 2 is 2.00 bits per heavy atom. The van der Waals surface area contributed by atoms with Crippen molar-refractivity contribution in [2.45, 2.75) is 43.7 Å². The first-order valence-corrected chi connectivity index (χ1v) is 9.16. The van der Waals surface area contributed by atoms with E-state index in [9.17, 15) is 5.11 Å². The third-order valence-corrected chi connectivity index (χ3v) is 5.86. The van der Waals surface area contributed by atoms with Crippen molar-refractivity contribution in [2.75, 3.05) is 19.7 Å². The SMILES string of the molecule is CC=CC1(COc2ccccc2)C(O)C2(c3nc(C)no3)CCN1CC2.Cl. The zero-order valence-corrected chi connectivity index (χ0v) is 16.5. The molecule has 27 heavy (non-hydrogen) atoms. The second-order valence-electron chi connectivity index (χ2n) is 7.29. The fraction of sp³-hybridized carbons (Fsp3) is 0.500. The Labute approximate surface area is 165 Å². The van der Waals surface area contributed by atoms with E-state index in [1.165, 1.54) is 0 Å². The Morgan fingerprint density at radius 1 is 1.30 bits per heavy atom. The van der Waals surface area contributed by atoms with Gasteiger partial charge in [0.15, 0.2) is 5.82 Å². The number of aliphatic hydroxyl groups excluding tert-OH is 1. The molecule has 6 nitrogen and oxygen atoms in total. The summed E-state index contributed by atoms with van der Waals surface area (Å²) in [7, 11) is 0. The lowest BCUT2D eigenvalue weighted by Gasteiger charge is -2.60. The zero-order chi connectivity index (χ0) is 18.2. The molecule has 2 unspecified atom stereocenters. The molecule has 4 heterocycles. The normalized spacial score (nSPS) is 32.4. The van der Waals surface area contributed by atoms with Crippen molar-refractivity contribution in [1.29, 1.82) is 0 Å². The van der Waals surface area contributed by atoms with Gasteiger partial charge in [0.05, 0.1) is 11.5 Å². The van der Waals surface area contributed by atoms with Crippen LogP contribution in [0.15, 0.2) is 47.0 Å². The molecule has 0 spiro atoms. The molecule has 1 N–H and O–H groups in total. The fourth-order valence-corrected chi connectivity index (χ4v) is 4.50. The quantitative estimate of drug-likeness (QED) is 0.790. The number of allylic oxidation sites excluding steroid dienone is 1. The number of aliphatic hydroxyl groups is 1. The van der Waals surface area contributed by atoms with Crippen molar-refractivity contribution in [2.24, 2.45) is 0 Å². The minimum Gasteiger partial charge on any atom is -0.491 e. The molecule has 7 heteroatoms. The van der Waals surface area contributed by atoms with Crippen LogP contribution in [0.5, 0.6) is 5.75 Å². The Hall–Kier alpha value is -1.89. The molecule has 0 amide bonds. The van der Waals surface area contributed by atoms with Crippen LogP contribution in [0, 0.1) is 6.92 Å². The molecule has 2 atom stereocenters. The number of halogens is 1. The molecule has 146 valence electrons. The standard InChI is InChI=1S/C20H25N3O3.ClH/c1-3-9-20(14-25-16-7-5-4-6-8-16)17(24)19(10-12-23(20)13-11-19)18-21-15(2)22-26-18;/h3-9,17,24H,10-14H2,1-2H3;1H. The molecule has 3 fully saturated rings. The van der Waals surface area contributed by atoms with Gasteiger partial charge in [0.2, 0.25) is 5.89 Å². The van der Waals surface area contributed by atoms with Crippen molar-refractivity contribution < 1.29 is 14.4 Å². The van der Waals surface area contributed by atoms with Gasteiger partial charge in [-0.1, -0.05) is 35.5 Å². The number of hydrogen-bond acceptors (Lipinski definition) is 6. The lowest BCUT2D eigenvalue weighted by Crippen LogP contribution is -2.74. The van der Waals surface area contributed by atoms with Crippen LogP contribution in [-0.2, 0) is 5.41 Å². The minimum absolute atomic E-state index is 0. The first-order chi connectivity index (χ1) is 12.6.